The van der Waals surface area contributed by atoms with E-state index in [1.165, 1.54) is 5.56 Å². The first-order chi connectivity index (χ1) is 9.19. The molecule has 0 amide bonds. The lowest BCUT2D eigenvalue weighted by molar-refractivity contribution is 0.477. The molecule has 0 aliphatic rings. The van der Waals surface area contributed by atoms with E-state index in [9.17, 15) is 0 Å². The third-order valence-corrected chi connectivity index (χ3v) is 3.23. The minimum absolute atomic E-state index is 0.727. The third kappa shape index (κ3) is 3.96. The second kappa shape index (κ2) is 6.57. The van der Waals surface area contributed by atoms with Gasteiger partial charge in [0.05, 0.1) is 22.6 Å². The van der Waals surface area contributed by atoms with Crippen LogP contribution in [0.2, 0.25) is 0 Å². The maximum atomic E-state index is 5.84. The molecule has 0 spiro atoms. The fourth-order valence-electron chi connectivity index (χ4n) is 1.66. The van der Waals surface area contributed by atoms with E-state index in [1.807, 2.05) is 31.2 Å². The molecule has 100 valence electrons. The van der Waals surface area contributed by atoms with Crippen molar-refractivity contribution in [2.45, 2.75) is 20.3 Å². The van der Waals surface area contributed by atoms with Gasteiger partial charge in [0.15, 0.2) is 0 Å². The van der Waals surface area contributed by atoms with Gasteiger partial charge < -0.3 is 10.1 Å². The zero-order chi connectivity index (χ0) is 13.7. The molecule has 0 unspecified atom stereocenters. The van der Waals surface area contributed by atoms with E-state index in [-0.39, 0.29) is 0 Å². The van der Waals surface area contributed by atoms with Crippen LogP contribution in [0.5, 0.6) is 11.5 Å². The molecule has 2 aromatic rings. The number of aromatic nitrogens is 1. The molecule has 1 aromatic heterocycles. The van der Waals surface area contributed by atoms with Gasteiger partial charge in [-0.25, -0.2) is 0 Å². The first kappa shape index (κ1) is 13.9. The highest BCUT2D eigenvalue weighted by Crippen LogP contribution is 2.30. The van der Waals surface area contributed by atoms with Crippen LogP contribution in [0, 0.1) is 6.92 Å². The van der Waals surface area contributed by atoms with Crippen LogP contribution in [0.25, 0.3) is 0 Å². The highest BCUT2D eigenvalue weighted by Gasteiger charge is 2.04. The maximum Gasteiger partial charge on any atom is 0.147 e. The van der Waals surface area contributed by atoms with Gasteiger partial charge in [0.1, 0.15) is 11.5 Å². The first-order valence-electron chi connectivity index (χ1n) is 6.32. The molecule has 0 radical (unpaired) electrons. The number of aryl methyl sites for hydroxylation is 1. The largest absolute Gasteiger partial charge is 0.454 e. The molecule has 19 heavy (non-hydrogen) atoms. The molecule has 0 bridgehead atoms. The first-order valence-corrected chi connectivity index (χ1v) is 7.11. The molecule has 1 aromatic carbocycles. The van der Waals surface area contributed by atoms with E-state index in [0.717, 1.165) is 34.6 Å². The summed E-state index contributed by atoms with van der Waals surface area (Å²) >= 11 is 3.50. The smallest absolute Gasteiger partial charge is 0.147 e. The molecule has 0 saturated carbocycles. The van der Waals surface area contributed by atoms with Crippen LogP contribution in [0.3, 0.4) is 0 Å². The van der Waals surface area contributed by atoms with E-state index in [1.54, 1.807) is 12.4 Å². The number of benzene rings is 1. The van der Waals surface area contributed by atoms with Crippen molar-refractivity contribution in [2.75, 3.05) is 11.9 Å². The molecular weight excluding hydrogens is 304 g/mol. The van der Waals surface area contributed by atoms with Crippen LogP contribution in [0.15, 0.2) is 41.1 Å². The van der Waals surface area contributed by atoms with Crippen molar-refractivity contribution in [2.24, 2.45) is 0 Å². The van der Waals surface area contributed by atoms with E-state index < -0.39 is 0 Å². The van der Waals surface area contributed by atoms with Crippen LogP contribution in [-0.2, 0) is 0 Å². The molecular formula is C15H17BrN2O. The zero-order valence-corrected chi connectivity index (χ0v) is 12.7. The lowest BCUT2D eigenvalue weighted by atomic mass is 10.2. The van der Waals surface area contributed by atoms with Gasteiger partial charge in [0.2, 0.25) is 0 Å². The summed E-state index contributed by atoms with van der Waals surface area (Å²) < 4.78 is 6.78. The Labute approximate surface area is 122 Å². The van der Waals surface area contributed by atoms with Crippen molar-refractivity contribution in [3.8, 4) is 11.5 Å². The second-order valence-corrected chi connectivity index (χ2v) is 5.23. The molecule has 1 N–H and O–H groups in total. The standard InChI is InChI=1S/C15H17BrN2O/c1-3-6-18-12-8-13(10-17-9-12)19-15-5-4-11(2)7-14(15)16/h4-5,7-10,18H,3,6H2,1-2H3. The Kier molecular flexibility index (Phi) is 4.80. The number of halogens is 1. The summed E-state index contributed by atoms with van der Waals surface area (Å²) in [5, 5.41) is 3.29. The van der Waals surface area contributed by atoms with Crippen LogP contribution in [0.1, 0.15) is 18.9 Å². The van der Waals surface area contributed by atoms with Crippen molar-refractivity contribution in [1.29, 1.82) is 0 Å². The summed E-state index contributed by atoms with van der Waals surface area (Å²) in [6.45, 7) is 5.11. The van der Waals surface area contributed by atoms with Gasteiger partial charge in [-0.2, -0.15) is 0 Å². The Morgan fingerprint density at radius 1 is 1.26 bits per heavy atom. The minimum Gasteiger partial charge on any atom is -0.454 e. The Bertz CT molecular complexity index is 558. The van der Waals surface area contributed by atoms with Crippen molar-refractivity contribution in [3.63, 3.8) is 0 Å². The van der Waals surface area contributed by atoms with Gasteiger partial charge in [-0.3, -0.25) is 4.98 Å². The van der Waals surface area contributed by atoms with Crippen molar-refractivity contribution in [1.82, 2.24) is 4.98 Å². The van der Waals surface area contributed by atoms with Crippen molar-refractivity contribution >= 4 is 21.6 Å². The number of nitrogens with one attached hydrogen (secondary N) is 1. The predicted molar refractivity (Wildman–Crippen MR) is 82.0 cm³/mol. The zero-order valence-electron chi connectivity index (χ0n) is 11.1. The van der Waals surface area contributed by atoms with E-state index in [2.05, 4.69) is 33.2 Å². The third-order valence-electron chi connectivity index (χ3n) is 2.61. The normalized spacial score (nSPS) is 10.3. The number of rotatable bonds is 5. The number of hydrogen-bond donors (Lipinski definition) is 1. The molecule has 0 atom stereocenters. The summed E-state index contributed by atoms with van der Waals surface area (Å²) in [6, 6.07) is 7.95. The maximum absolute atomic E-state index is 5.84. The second-order valence-electron chi connectivity index (χ2n) is 4.37. The quantitative estimate of drug-likeness (QED) is 0.861. The van der Waals surface area contributed by atoms with Crippen LogP contribution in [0.4, 0.5) is 5.69 Å². The molecule has 3 nitrogen and oxygen atoms in total. The average Bonchev–Trinajstić information content (AvgIpc) is 2.40. The average molecular weight is 321 g/mol. The number of nitrogens with zero attached hydrogens (tertiary/aromatic N) is 1. The predicted octanol–water partition coefficient (Wildman–Crippen LogP) is 4.77. The van der Waals surface area contributed by atoms with Gasteiger partial charge in [-0.15, -0.1) is 0 Å². The Morgan fingerprint density at radius 3 is 2.84 bits per heavy atom. The fourth-order valence-corrected chi connectivity index (χ4v) is 2.23. The summed E-state index contributed by atoms with van der Waals surface area (Å²) in [6.07, 6.45) is 4.59. The summed E-state index contributed by atoms with van der Waals surface area (Å²) in [7, 11) is 0. The van der Waals surface area contributed by atoms with Crippen molar-refractivity contribution < 1.29 is 4.74 Å². The van der Waals surface area contributed by atoms with E-state index >= 15 is 0 Å². The Balaban J connectivity index is 2.14. The lowest BCUT2D eigenvalue weighted by Crippen LogP contribution is -2.00. The summed E-state index contributed by atoms with van der Waals surface area (Å²) in [5.41, 5.74) is 2.17. The monoisotopic (exact) mass is 320 g/mol. The topological polar surface area (TPSA) is 34.2 Å². The molecule has 4 heteroatoms. The fraction of sp³-hybridized carbons (Fsp3) is 0.267. The van der Waals surface area contributed by atoms with E-state index in [4.69, 9.17) is 4.74 Å². The number of ether oxygens (including phenoxy) is 1. The van der Waals surface area contributed by atoms with E-state index in [0.29, 0.717) is 0 Å². The molecule has 0 fully saturated rings. The van der Waals surface area contributed by atoms with Crippen molar-refractivity contribution in [3.05, 3.63) is 46.7 Å². The lowest BCUT2D eigenvalue weighted by Gasteiger charge is -2.10. The van der Waals surface area contributed by atoms with Gasteiger partial charge in [-0.1, -0.05) is 13.0 Å². The SMILES string of the molecule is CCCNc1cncc(Oc2ccc(C)cc2Br)c1. The number of anilines is 1. The highest BCUT2D eigenvalue weighted by molar-refractivity contribution is 9.10. The van der Waals surface area contributed by atoms with Gasteiger partial charge in [-0.05, 0) is 47.0 Å². The molecule has 0 saturated heterocycles. The van der Waals surface area contributed by atoms with Crippen LogP contribution < -0.4 is 10.1 Å². The Hall–Kier alpha value is -1.55. The van der Waals surface area contributed by atoms with Crippen LogP contribution in [-0.4, -0.2) is 11.5 Å². The minimum atomic E-state index is 0.727. The molecule has 0 aliphatic carbocycles. The molecule has 2 rings (SSSR count). The van der Waals surface area contributed by atoms with Gasteiger partial charge in [0, 0.05) is 12.6 Å². The highest BCUT2D eigenvalue weighted by atomic mass is 79.9. The summed E-state index contributed by atoms with van der Waals surface area (Å²) in [5.74, 6) is 1.52. The number of hydrogen-bond acceptors (Lipinski definition) is 3. The Morgan fingerprint density at radius 2 is 2.11 bits per heavy atom. The van der Waals surface area contributed by atoms with Gasteiger partial charge >= 0.3 is 0 Å². The number of pyridine rings is 1. The summed E-state index contributed by atoms with van der Waals surface area (Å²) in [4.78, 5) is 4.18. The molecule has 0 aliphatic heterocycles. The van der Waals surface area contributed by atoms with Gasteiger partial charge in [0.25, 0.3) is 0 Å². The molecule has 1 heterocycles. The van der Waals surface area contributed by atoms with Crippen LogP contribution >= 0.6 is 15.9 Å².